The van der Waals surface area contributed by atoms with Crippen LogP contribution in [0.5, 0.6) is 0 Å². The lowest BCUT2D eigenvalue weighted by Gasteiger charge is -2.42. The van der Waals surface area contributed by atoms with Gasteiger partial charge in [-0.15, -0.1) is 0 Å². The lowest BCUT2D eigenvalue weighted by molar-refractivity contribution is -0.154. The minimum atomic E-state index is -0.471. The van der Waals surface area contributed by atoms with Gasteiger partial charge in [0, 0.05) is 25.7 Å². The maximum Gasteiger partial charge on any atom is 0.326 e. The number of hydrogen-bond donors (Lipinski definition) is 1. The Morgan fingerprint density at radius 1 is 1.38 bits per heavy atom. The van der Waals surface area contributed by atoms with E-state index >= 15 is 0 Å². The molecule has 0 saturated heterocycles. The second-order valence-electron chi connectivity index (χ2n) is 6.44. The van der Waals surface area contributed by atoms with E-state index in [1.165, 1.54) is 12.8 Å². The third kappa shape index (κ3) is 4.41. The Morgan fingerprint density at radius 2 is 2.14 bits per heavy atom. The summed E-state index contributed by atoms with van der Waals surface area (Å²) in [6, 6.07) is 0.932. The van der Waals surface area contributed by atoms with E-state index < -0.39 is 5.54 Å². The number of likely N-dealkylation sites (N-methyl/N-ethyl adjacent to an activating group) is 1. The zero-order valence-electron chi connectivity index (χ0n) is 13.7. The molecule has 2 rings (SSSR count). The molecule has 0 amide bonds. The number of carbonyl (C=O) groups excluding carboxylic acids is 1. The summed E-state index contributed by atoms with van der Waals surface area (Å²) in [4.78, 5) is 14.9. The Labute approximate surface area is 128 Å². The molecule has 122 valence electrons. The number of rotatable bonds is 8. The van der Waals surface area contributed by atoms with Crippen LogP contribution in [0.1, 0.15) is 45.4 Å². The van der Waals surface area contributed by atoms with E-state index in [2.05, 4.69) is 17.3 Å². The van der Waals surface area contributed by atoms with Crippen LogP contribution in [0, 0.1) is 0 Å². The summed E-state index contributed by atoms with van der Waals surface area (Å²) in [5.74, 6) is -0.0539. The second-order valence-corrected chi connectivity index (χ2v) is 6.44. The van der Waals surface area contributed by atoms with Gasteiger partial charge in [-0.25, -0.2) is 0 Å². The molecule has 2 unspecified atom stereocenters. The Bertz CT molecular complexity index is 346. The van der Waals surface area contributed by atoms with Crippen LogP contribution in [0.15, 0.2) is 0 Å². The molecule has 21 heavy (non-hydrogen) atoms. The average molecular weight is 298 g/mol. The summed E-state index contributed by atoms with van der Waals surface area (Å²) >= 11 is 0. The van der Waals surface area contributed by atoms with Gasteiger partial charge in [-0.2, -0.15) is 0 Å². The van der Waals surface area contributed by atoms with Crippen LogP contribution in [-0.4, -0.2) is 62.4 Å². The van der Waals surface area contributed by atoms with Crippen molar-refractivity contribution in [3.05, 3.63) is 0 Å². The number of carbonyl (C=O) groups is 1. The van der Waals surface area contributed by atoms with Crippen LogP contribution in [0.4, 0.5) is 0 Å². The van der Waals surface area contributed by atoms with Crippen molar-refractivity contribution >= 4 is 5.97 Å². The molecule has 2 aliphatic rings. The summed E-state index contributed by atoms with van der Waals surface area (Å²) in [6.07, 6.45) is 6.34. The van der Waals surface area contributed by atoms with Gasteiger partial charge in [-0.05, 0) is 52.5 Å². The predicted molar refractivity (Wildman–Crippen MR) is 82.3 cm³/mol. The zero-order valence-corrected chi connectivity index (χ0v) is 13.7. The third-order valence-electron chi connectivity index (χ3n) is 4.72. The van der Waals surface area contributed by atoms with E-state index in [4.69, 9.17) is 9.47 Å². The molecule has 0 aromatic carbocycles. The van der Waals surface area contributed by atoms with E-state index in [0.717, 1.165) is 38.8 Å². The first kappa shape index (κ1) is 16.7. The summed E-state index contributed by atoms with van der Waals surface area (Å²) in [6.45, 7) is 3.98. The minimum absolute atomic E-state index is 0.0539. The highest BCUT2D eigenvalue weighted by atomic mass is 16.5. The molecule has 0 aliphatic heterocycles. The molecule has 0 heterocycles. The van der Waals surface area contributed by atoms with Gasteiger partial charge < -0.3 is 14.4 Å². The monoisotopic (exact) mass is 298 g/mol. The van der Waals surface area contributed by atoms with Crippen LogP contribution in [0.2, 0.25) is 0 Å². The first-order chi connectivity index (χ1) is 10.1. The van der Waals surface area contributed by atoms with Crippen LogP contribution in [0.25, 0.3) is 0 Å². The number of ether oxygens (including phenoxy) is 2. The Hall–Kier alpha value is -0.650. The molecule has 5 nitrogen and oxygen atoms in total. The zero-order chi connectivity index (χ0) is 15.3. The molecule has 2 fully saturated rings. The van der Waals surface area contributed by atoms with Crippen molar-refractivity contribution in [2.75, 3.05) is 33.9 Å². The second kappa shape index (κ2) is 7.56. The molecule has 2 atom stereocenters. The van der Waals surface area contributed by atoms with Crippen LogP contribution in [-0.2, 0) is 14.3 Å². The van der Waals surface area contributed by atoms with Crippen molar-refractivity contribution in [3.8, 4) is 0 Å². The number of methoxy groups -OCH3 is 1. The fraction of sp³-hybridized carbons (Fsp3) is 0.938. The van der Waals surface area contributed by atoms with Gasteiger partial charge in [0.05, 0.1) is 13.2 Å². The van der Waals surface area contributed by atoms with Crippen molar-refractivity contribution in [1.82, 2.24) is 10.2 Å². The van der Waals surface area contributed by atoms with E-state index in [1.807, 2.05) is 6.92 Å². The maximum atomic E-state index is 12.5. The van der Waals surface area contributed by atoms with Crippen LogP contribution >= 0.6 is 0 Å². The van der Waals surface area contributed by atoms with Gasteiger partial charge in [-0.3, -0.25) is 10.1 Å². The van der Waals surface area contributed by atoms with E-state index in [1.54, 1.807) is 7.11 Å². The summed E-state index contributed by atoms with van der Waals surface area (Å²) in [5.41, 5.74) is -0.471. The molecule has 0 radical (unpaired) electrons. The fourth-order valence-corrected chi connectivity index (χ4v) is 3.30. The number of nitrogens with zero attached hydrogens (tertiary/aromatic N) is 1. The molecule has 5 heteroatoms. The molecule has 1 N–H and O–H groups in total. The number of hydrogen-bond acceptors (Lipinski definition) is 5. The highest BCUT2D eigenvalue weighted by molar-refractivity contribution is 5.81. The van der Waals surface area contributed by atoms with E-state index in [-0.39, 0.29) is 5.97 Å². The summed E-state index contributed by atoms with van der Waals surface area (Å²) in [7, 11) is 3.86. The van der Waals surface area contributed by atoms with Crippen molar-refractivity contribution in [2.45, 2.75) is 63.1 Å². The van der Waals surface area contributed by atoms with Crippen molar-refractivity contribution in [3.63, 3.8) is 0 Å². The number of esters is 1. The molecule has 0 bridgehead atoms. The molecular formula is C16H30N2O3. The largest absolute Gasteiger partial charge is 0.465 e. The average Bonchev–Trinajstić information content (AvgIpc) is 3.29. The Balaban J connectivity index is 2.02. The lowest BCUT2D eigenvalue weighted by atomic mass is 9.78. The van der Waals surface area contributed by atoms with Crippen LogP contribution < -0.4 is 5.32 Å². The van der Waals surface area contributed by atoms with Gasteiger partial charge >= 0.3 is 5.97 Å². The van der Waals surface area contributed by atoms with E-state index in [0.29, 0.717) is 18.7 Å². The highest BCUT2D eigenvalue weighted by Crippen LogP contribution is 2.35. The van der Waals surface area contributed by atoms with E-state index in [9.17, 15) is 4.79 Å². The molecule has 0 aromatic heterocycles. The van der Waals surface area contributed by atoms with Crippen molar-refractivity contribution < 1.29 is 14.3 Å². The topological polar surface area (TPSA) is 50.8 Å². The van der Waals surface area contributed by atoms with Gasteiger partial charge in [-0.1, -0.05) is 0 Å². The third-order valence-corrected chi connectivity index (χ3v) is 4.72. The van der Waals surface area contributed by atoms with Gasteiger partial charge in [0.1, 0.15) is 5.54 Å². The summed E-state index contributed by atoms with van der Waals surface area (Å²) < 4.78 is 10.5. The molecule has 2 saturated carbocycles. The van der Waals surface area contributed by atoms with Crippen molar-refractivity contribution in [2.24, 2.45) is 0 Å². The smallest absolute Gasteiger partial charge is 0.326 e. The first-order valence-corrected chi connectivity index (χ1v) is 8.25. The summed E-state index contributed by atoms with van der Waals surface area (Å²) in [5, 5.41) is 3.60. The quantitative estimate of drug-likeness (QED) is 0.689. The van der Waals surface area contributed by atoms with Gasteiger partial charge in [0.25, 0.3) is 0 Å². The highest BCUT2D eigenvalue weighted by Gasteiger charge is 2.47. The Kier molecular flexibility index (Phi) is 6.02. The van der Waals surface area contributed by atoms with Crippen LogP contribution in [0.3, 0.4) is 0 Å². The fourth-order valence-electron chi connectivity index (χ4n) is 3.30. The standard InChI is InChI=1S/C16H30N2O3/c1-4-21-15(19)16(17-13-7-8-13)9-5-6-14(12-16)18(2)10-11-20-3/h13-14,17H,4-12H2,1-3H3. The maximum absolute atomic E-state index is 12.5. The molecule has 0 aromatic rings. The normalized spacial score (nSPS) is 29.6. The lowest BCUT2D eigenvalue weighted by Crippen LogP contribution is -2.59. The molecule has 0 spiro atoms. The van der Waals surface area contributed by atoms with Gasteiger partial charge in [0.15, 0.2) is 0 Å². The van der Waals surface area contributed by atoms with Gasteiger partial charge in [0.2, 0.25) is 0 Å². The SMILES string of the molecule is CCOC(=O)C1(NC2CC2)CCCC(N(C)CCOC)C1. The first-order valence-electron chi connectivity index (χ1n) is 8.25. The van der Waals surface area contributed by atoms with Crippen molar-refractivity contribution in [1.29, 1.82) is 0 Å². The number of nitrogens with one attached hydrogen (secondary N) is 1. The molecule has 2 aliphatic carbocycles. The Morgan fingerprint density at radius 3 is 2.76 bits per heavy atom. The molecular weight excluding hydrogens is 268 g/mol. The predicted octanol–water partition coefficient (Wildman–Crippen LogP) is 1.56. The minimum Gasteiger partial charge on any atom is -0.465 e.